The first-order chi connectivity index (χ1) is 4.33. The van der Waals surface area contributed by atoms with E-state index >= 15 is 0 Å². The Morgan fingerprint density at radius 1 is 1.67 bits per heavy atom. The standard InChI is InChI=1S/C7H14BrN/c1-6-4-7(5-8)2-3-9-6/h6-7,9H,2-5H2,1H3. The Morgan fingerprint density at radius 2 is 2.44 bits per heavy atom. The molecule has 1 N–H and O–H groups in total. The molecule has 1 aliphatic rings. The topological polar surface area (TPSA) is 12.0 Å². The van der Waals surface area contributed by atoms with Crippen LogP contribution in [0, 0.1) is 5.92 Å². The van der Waals surface area contributed by atoms with Crippen molar-refractivity contribution < 1.29 is 0 Å². The number of alkyl halides is 1. The number of halogens is 1. The lowest BCUT2D eigenvalue weighted by Gasteiger charge is -2.26. The van der Waals surface area contributed by atoms with Gasteiger partial charge in [-0.2, -0.15) is 0 Å². The molecular weight excluding hydrogens is 178 g/mol. The van der Waals surface area contributed by atoms with Gasteiger partial charge in [-0.15, -0.1) is 0 Å². The van der Waals surface area contributed by atoms with E-state index in [4.69, 9.17) is 0 Å². The van der Waals surface area contributed by atoms with Gasteiger partial charge in [0.25, 0.3) is 0 Å². The third-order valence-electron chi connectivity index (χ3n) is 1.95. The lowest BCUT2D eigenvalue weighted by molar-refractivity contribution is 0.341. The number of hydrogen-bond donors (Lipinski definition) is 1. The van der Waals surface area contributed by atoms with Crippen LogP contribution in [0.15, 0.2) is 0 Å². The highest BCUT2D eigenvalue weighted by Gasteiger charge is 2.16. The van der Waals surface area contributed by atoms with E-state index in [0.717, 1.165) is 12.0 Å². The molecule has 1 aliphatic heterocycles. The Bertz CT molecular complexity index is 85.0. The van der Waals surface area contributed by atoms with Crippen LogP contribution in [0.4, 0.5) is 0 Å². The van der Waals surface area contributed by atoms with Crippen molar-refractivity contribution in [3.8, 4) is 0 Å². The van der Waals surface area contributed by atoms with E-state index in [2.05, 4.69) is 28.2 Å². The summed E-state index contributed by atoms with van der Waals surface area (Å²) in [4.78, 5) is 0. The second-order valence-corrected chi connectivity index (χ2v) is 3.55. The maximum Gasteiger partial charge on any atom is 0.00607 e. The summed E-state index contributed by atoms with van der Waals surface area (Å²) >= 11 is 3.51. The summed E-state index contributed by atoms with van der Waals surface area (Å²) in [5, 5.41) is 4.61. The van der Waals surface area contributed by atoms with Gasteiger partial charge in [0.1, 0.15) is 0 Å². The zero-order valence-electron chi connectivity index (χ0n) is 5.86. The van der Waals surface area contributed by atoms with Gasteiger partial charge in [0, 0.05) is 11.4 Å². The molecular formula is C7H14BrN. The molecule has 9 heavy (non-hydrogen) atoms. The van der Waals surface area contributed by atoms with Gasteiger partial charge >= 0.3 is 0 Å². The van der Waals surface area contributed by atoms with Gasteiger partial charge in [-0.3, -0.25) is 0 Å². The quantitative estimate of drug-likeness (QED) is 0.624. The fourth-order valence-electron chi connectivity index (χ4n) is 1.38. The zero-order valence-corrected chi connectivity index (χ0v) is 7.45. The van der Waals surface area contributed by atoms with Crippen LogP contribution < -0.4 is 5.32 Å². The number of rotatable bonds is 1. The first-order valence-corrected chi connectivity index (χ1v) is 4.74. The summed E-state index contributed by atoms with van der Waals surface area (Å²) in [6.07, 6.45) is 2.68. The van der Waals surface area contributed by atoms with Crippen molar-refractivity contribution in [3.63, 3.8) is 0 Å². The van der Waals surface area contributed by atoms with E-state index in [9.17, 15) is 0 Å². The number of hydrogen-bond acceptors (Lipinski definition) is 1. The van der Waals surface area contributed by atoms with E-state index in [0.29, 0.717) is 0 Å². The largest absolute Gasteiger partial charge is 0.314 e. The Balaban J connectivity index is 2.23. The maximum atomic E-state index is 3.51. The van der Waals surface area contributed by atoms with Crippen molar-refractivity contribution in [1.29, 1.82) is 0 Å². The normalized spacial score (nSPS) is 36.7. The SMILES string of the molecule is CC1CC(CBr)CCN1. The molecule has 54 valence electrons. The molecule has 0 spiro atoms. The van der Waals surface area contributed by atoms with Gasteiger partial charge in [-0.25, -0.2) is 0 Å². The van der Waals surface area contributed by atoms with E-state index in [-0.39, 0.29) is 0 Å². The van der Waals surface area contributed by atoms with Crippen LogP contribution in [0.1, 0.15) is 19.8 Å². The molecule has 0 amide bonds. The van der Waals surface area contributed by atoms with Crippen molar-refractivity contribution in [3.05, 3.63) is 0 Å². The Morgan fingerprint density at radius 3 is 2.89 bits per heavy atom. The average Bonchev–Trinajstić information content (AvgIpc) is 1.88. The Labute approximate surface area is 65.3 Å². The average molecular weight is 192 g/mol. The van der Waals surface area contributed by atoms with Gasteiger partial charge in [0.2, 0.25) is 0 Å². The molecule has 2 heteroatoms. The van der Waals surface area contributed by atoms with Crippen LogP contribution >= 0.6 is 15.9 Å². The molecule has 1 fully saturated rings. The summed E-state index contributed by atoms with van der Waals surface area (Å²) in [5.74, 6) is 0.918. The van der Waals surface area contributed by atoms with Crippen LogP contribution in [-0.2, 0) is 0 Å². The first kappa shape index (κ1) is 7.55. The lowest BCUT2D eigenvalue weighted by Crippen LogP contribution is -2.36. The van der Waals surface area contributed by atoms with Crippen LogP contribution in [0.2, 0.25) is 0 Å². The maximum absolute atomic E-state index is 3.51. The molecule has 0 aromatic heterocycles. The molecule has 1 rings (SSSR count). The predicted molar refractivity (Wildman–Crippen MR) is 44.0 cm³/mol. The van der Waals surface area contributed by atoms with E-state index in [1.54, 1.807) is 0 Å². The van der Waals surface area contributed by atoms with Crippen LogP contribution in [0.25, 0.3) is 0 Å². The molecule has 0 aromatic rings. The third kappa shape index (κ3) is 2.26. The predicted octanol–water partition coefficient (Wildman–Crippen LogP) is 1.77. The highest BCUT2D eigenvalue weighted by molar-refractivity contribution is 9.09. The van der Waals surface area contributed by atoms with Crippen LogP contribution in [0.5, 0.6) is 0 Å². The molecule has 0 aromatic carbocycles. The zero-order chi connectivity index (χ0) is 6.69. The fourth-order valence-corrected chi connectivity index (χ4v) is 1.96. The van der Waals surface area contributed by atoms with Gasteiger partial charge in [0.05, 0.1) is 0 Å². The minimum atomic E-state index is 0.737. The van der Waals surface area contributed by atoms with Crippen molar-refractivity contribution in [2.75, 3.05) is 11.9 Å². The second-order valence-electron chi connectivity index (χ2n) is 2.90. The summed E-state index contributed by atoms with van der Waals surface area (Å²) in [6, 6.07) is 0.737. The summed E-state index contributed by atoms with van der Waals surface area (Å²) in [7, 11) is 0. The van der Waals surface area contributed by atoms with Crippen molar-refractivity contribution in [2.24, 2.45) is 5.92 Å². The molecule has 1 nitrogen and oxygen atoms in total. The van der Waals surface area contributed by atoms with Crippen molar-refractivity contribution >= 4 is 15.9 Å². The molecule has 0 bridgehead atoms. The van der Waals surface area contributed by atoms with E-state index in [1.807, 2.05) is 0 Å². The summed E-state index contributed by atoms with van der Waals surface area (Å²) in [6.45, 7) is 3.46. The smallest absolute Gasteiger partial charge is 0.00607 e. The highest BCUT2D eigenvalue weighted by atomic mass is 79.9. The Kier molecular flexibility index (Phi) is 2.99. The monoisotopic (exact) mass is 191 g/mol. The Hall–Kier alpha value is 0.440. The molecule has 1 heterocycles. The molecule has 1 saturated heterocycles. The molecule has 2 atom stereocenters. The van der Waals surface area contributed by atoms with E-state index in [1.165, 1.54) is 24.7 Å². The molecule has 0 aliphatic carbocycles. The summed E-state index contributed by atoms with van der Waals surface area (Å²) in [5.41, 5.74) is 0. The van der Waals surface area contributed by atoms with E-state index < -0.39 is 0 Å². The second kappa shape index (κ2) is 3.57. The first-order valence-electron chi connectivity index (χ1n) is 3.62. The van der Waals surface area contributed by atoms with Gasteiger partial charge < -0.3 is 5.32 Å². The molecule has 0 radical (unpaired) electrons. The van der Waals surface area contributed by atoms with Gasteiger partial charge in [-0.05, 0) is 32.2 Å². The number of piperidine rings is 1. The highest BCUT2D eigenvalue weighted by Crippen LogP contribution is 2.17. The van der Waals surface area contributed by atoms with Crippen LogP contribution in [0.3, 0.4) is 0 Å². The third-order valence-corrected chi connectivity index (χ3v) is 2.87. The molecule has 2 unspecified atom stereocenters. The van der Waals surface area contributed by atoms with Crippen molar-refractivity contribution in [1.82, 2.24) is 5.32 Å². The summed E-state index contributed by atoms with van der Waals surface area (Å²) < 4.78 is 0. The minimum Gasteiger partial charge on any atom is -0.314 e. The fraction of sp³-hybridized carbons (Fsp3) is 1.00. The lowest BCUT2D eigenvalue weighted by atomic mass is 9.95. The van der Waals surface area contributed by atoms with Gasteiger partial charge in [-0.1, -0.05) is 15.9 Å². The van der Waals surface area contributed by atoms with Crippen molar-refractivity contribution in [2.45, 2.75) is 25.8 Å². The molecule has 0 saturated carbocycles. The number of nitrogens with one attached hydrogen (secondary N) is 1. The minimum absolute atomic E-state index is 0.737. The van der Waals surface area contributed by atoms with Crippen LogP contribution in [-0.4, -0.2) is 17.9 Å². The van der Waals surface area contributed by atoms with Gasteiger partial charge in [0.15, 0.2) is 0 Å².